The van der Waals surface area contributed by atoms with Crippen molar-refractivity contribution in [1.82, 2.24) is 5.48 Å². The molecule has 1 aliphatic rings. The Balaban J connectivity index is 2.14. The molecule has 0 spiro atoms. The van der Waals surface area contributed by atoms with Crippen molar-refractivity contribution in [3.63, 3.8) is 0 Å². The maximum Gasteiger partial charge on any atom is 0.0719 e. The van der Waals surface area contributed by atoms with Gasteiger partial charge in [0.25, 0.3) is 0 Å². The number of nitrogens with zero attached hydrogens (tertiary/aromatic N) is 1. The van der Waals surface area contributed by atoms with E-state index in [1.165, 1.54) is 0 Å². The van der Waals surface area contributed by atoms with Crippen LogP contribution in [0.2, 0.25) is 0 Å². The summed E-state index contributed by atoms with van der Waals surface area (Å²) in [5, 5.41) is 0. The average Bonchev–Trinajstić information content (AvgIpc) is 2.14. The van der Waals surface area contributed by atoms with Crippen LogP contribution < -0.4 is 5.48 Å². The molecule has 1 atom stereocenters. The summed E-state index contributed by atoms with van der Waals surface area (Å²) in [6, 6.07) is 0.500. The van der Waals surface area contributed by atoms with Crippen LogP contribution in [0.15, 0.2) is 0 Å². The first-order valence-corrected chi connectivity index (χ1v) is 2.75. The Morgan fingerprint density at radius 2 is 2.71 bits per heavy atom. The van der Waals surface area contributed by atoms with Gasteiger partial charge in [-0.2, -0.15) is 0 Å². The topological polar surface area (TPSA) is 23.3 Å². The molecule has 0 bridgehead atoms. The average molecular weight is 100 g/mol. The second-order valence-corrected chi connectivity index (χ2v) is 1.79. The lowest BCUT2D eigenvalue weighted by atomic mass is 10.2. The molecule has 0 aliphatic carbocycles. The van der Waals surface area contributed by atoms with E-state index in [9.17, 15) is 0 Å². The van der Waals surface area contributed by atoms with Gasteiger partial charge in [-0.25, -0.2) is 0 Å². The van der Waals surface area contributed by atoms with Crippen molar-refractivity contribution in [3.8, 4) is 0 Å². The number of rotatable bonds is 1. The van der Waals surface area contributed by atoms with E-state index < -0.39 is 0 Å². The first kappa shape index (κ1) is 5.06. The van der Waals surface area contributed by atoms with Gasteiger partial charge in [0.2, 0.25) is 0 Å². The van der Waals surface area contributed by atoms with Crippen molar-refractivity contribution in [2.75, 3.05) is 6.61 Å². The Bertz CT molecular complexity index is 50.0. The molecule has 1 fully saturated rings. The van der Waals surface area contributed by atoms with Crippen LogP contribution in [0.25, 0.3) is 0 Å². The second kappa shape index (κ2) is 2.28. The molecular weight excluding hydrogens is 90.1 g/mol. The van der Waals surface area contributed by atoms with E-state index in [-0.39, 0.29) is 0 Å². The molecule has 2 heteroatoms. The summed E-state index contributed by atoms with van der Waals surface area (Å²) in [6.07, 6.45) is 2.25. The van der Waals surface area contributed by atoms with E-state index >= 15 is 0 Å². The first-order chi connectivity index (χ1) is 3.43. The van der Waals surface area contributed by atoms with Crippen LogP contribution in [0.1, 0.15) is 19.8 Å². The van der Waals surface area contributed by atoms with E-state index in [1.807, 2.05) is 0 Å². The van der Waals surface area contributed by atoms with Crippen LogP contribution in [-0.4, -0.2) is 12.6 Å². The smallest absolute Gasteiger partial charge is 0.0719 e. The van der Waals surface area contributed by atoms with Crippen LogP contribution >= 0.6 is 0 Å². The minimum Gasteiger partial charge on any atom is -0.282 e. The minimum absolute atomic E-state index is 0.500. The normalized spacial score (nSPS) is 31.3. The van der Waals surface area contributed by atoms with Crippen LogP contribution in [0.5, 0.6) is 0 Å². The summed E-state index contributed by atoms with van der Waals surface area (Å²) < 4.78 is 0. The van der Waals surface area contributed by atoms with E-state index in [1.54, 1.807) is 0 Å². The van der Waals surface area contributed by atoms with Crippen LogP contribution in [0.3, 0.4) is 0 Å². The highest BCUT2D eigenvalue weighted by Crippen LogP contribution is 2.05. The Kier molecular flexibility index (Phi) is 1.65. The van der Waals surface area contributed by atoms with Gasteiger partial charge in [-0.1, -0.05) is 12.4 Å². The van der Waals surface area contributed by atoms with Gasteiger partial charge >= 0.3 is 0 Å². The van der Waals surface area contributed by atoms with Crippen molar-refractivity contribution in [2.24, 2.45) is 0 Å². The molecule has 0 N–H and O–H groups in total. The Morgan fingerprint density at radius 1 is 1.86 bits per heavy atom. The molecule has 0 aromatic heterocycles. The summed E-state index contributed by atoms with van der Waals surface area (Å²) in [6.45, 7) is 2.96. The predicted molar refractivity (Wildman–Crippen MR) is 26.8 cm³/mol. The molecule has 1 radical (unpaired) electrons. The van der Waals surface area contributed by atoms with Gasteiger partial charge in [0.05, 0.1) is 12.6 Å². The molecule has 1 unspecified atom stereocenters. The molecule has 0 amide bonds. The number of hydroxylamine groups is 1. The highest BCUT2D eigenvalue weighted by Gasteiger charge is 2.13. The third kappa shape index (κ3) is 1.14. The first-order valence-electron chi connectivity index (χ1n) is 2.75. The molecule has 1 heterocycles. The van der Waals surface area contributed by atoms with E-state index in [2.05, 4.69) is 12.4 Å². The fourth-order valence-electron chi connectivity index (χ4n) is 0.678. The zero-order chi connectivity index (χ0) is 5.11. The molecule has 1 aliphatic heterocycles. The van der Waals surface area contributed by atoms with Crippen molar-refractivity contribution >= 4 is 0 Å². The molecule has 0 aromatic rings. The van der Waals surface area contributed by atoms with E-state index in [0.29, 0.717) is 6.04 Å². The lowest BCUT2D eigenvalue weighted by Crippen LogP contribution is -2.10. The molecule has 0 aromatic carbocycles. The van der Waals surface area contributed by atoms with Crippen LogP contribution in [0.4, 0.5) is 0 Å². The Labute approximate surface area is 43.8 Å². The fourth-order valence-corrected chi connectivity index (χ4v) is 0.678. The summed E-state index contributed by atoms with van der Waals surface area (Å²) in [7, 11) is 0. The van der Waals surface area contributed by atoms with Gasteiger partial charge in [-0.3, -0.25) is 4.84 Å². The SMILES string of the molecule is CCC1CCO[N]1. The highest BCUT2D eigenvalue weighted by atomic mass is 16.7. The van der Waals surface area contributed by atoms with Gasteiger partial charge in [0.1, 0.15) is 0 Å². The number of hydrogen-bond acceptors (Lipinski definition) is 1. The van der Waals surface area contributed by atoms with Crippen molar-refractivity contribution < 1.29 is 4.84 Å². The van der Waals surface area contributed by atoms with Crippen LogP contribution in [-0.2, 0) is 4.84 Å². The third-order valence-electron chi connectivity index (χ3n) is 1.24. The lowest BCUT2D eigenvalue weighted by Gasteiger charge is -1.96. The molecule has 1 saturated heterocycles. The molecular formula is C5H10NO. The van der Waals surface area contributed by atoms with E-state index in [4.69, 9.17) is 4.84 Å². The summed E-state index contributed by atoms with van der Waals surface area (Å²) in [5.41, 5.74) is 3.85. The quantitative estimate of drug-likeness (QED) is 0.476. The summed E-state index contributed by atoms with van der Waals surface area (Å²) in [4.78, 5) is 4.77. The van der Waals surface area contributed by atoms with Gasteiger partial charge in [0, 0.05) is 0 Å². The molecule has 41 valence electrons. The monoisotopic (exact) mass is 100 g/mol. The molecule has 7 heavy (non-hydrogen) atoms. The zero-order valence-electron chi connectivity index (χ0n) is 4.55. The van der Waals surface area contributed by atoms with Gasteiger partial charge in [-0.05, 0) is 12.8 Å². The van der Waals surface area contributed by atoms with Crippen molar-refractivity contribution in [3.05, 3.63) is 0 Å². The Morgan fingerprint density at radius 3 is 3.00 bits per heavy atom. The second-order valence-electron chi connectivity index (χ2n) is 1.79. The fraction of sp³-hybridized carbons (Fsp3) is 1.00. The lowest BCUT2D eigenvalue weighted by molar-refractivity contribution is 0.0788. The maximum absolute atomic E-state index is 4.77. The maximum atomic E-state index is 4.77. The van der Waals surface area contributed by atoms with E-state index in [0.717, 1.165) is 19.4 Å². The standard InChI is InChI=1S/C5H10NO/c1-2-5-3-4-7-6-5/h5H,2-4H2,1H3. The number of hydrogen-bond donors (Lipinski definition) is 0. The summed E-state index contributed by atoms with van der Waals surface area (Å²) in [5.74, 6) is 0. The molecule has 1 rings (SSSR count). The summed E-state index contributed by atoms with van der Waals surface area (Å²) >= 11 is 0. The largest absolute Gasteiger partial charge is 0.282 e. The molecule has 0 saturated carbocycles. The van der Waals surface area contributed by atoms with Gasteiger partial charge < -0.3 is 0 Å². The van der Waals surface area contributed by atoms with Crippen LogP contribution in [0, 0.1) is 0 Å². The minimum atomic E-state index is 0.500. The third-order valence-corrected chi connectivity index (χ3v) is 1.24. The van der Waals surface area contributed by atoms with Crippen molar-refractivity contribution in [1.29, 1.82) is 0 Å². The highest BCUT2D eigenvalue weighted by molar-refractivity contribution is 4.62. The predicted octanol–water partition coefficient (Wildman–Crippen LogP) is 0.705. The Hall–Kier alpha value is -0.0800. The van der Waals surface area contributed by atoms with Gasteiger partial charge in [0.15, 0.2) is 0 Å². The molecule has 2 nitrogen and oxygen atoms in total. The zero-order valence-corrected chi connectivity index (χ0v) is 4.55. The van der Waals surface area contributed by atoms with Gasteiger partial charge in [-0.15, -0.1) is 0 Å². The van der Waals surface area contributed by atoms with Crippen molar-refractivity contribution in [2.45, 2.75) is 25.8 Å².